The standard InChI is InChI=1S/C18H16N2O4S/c21-17-15-4-1-2-5-16(15)18(22)19(17)10-3-11-25-12-13-6-8-14(9-7-13)20(23)24/h1-2,4-9H,3,10-12H2. The summed E-state index contributed by atoms with van der Waals surface area (Å²) in [5, 5.41) is 10.6. The van der Waals surface area contributed by atoms with Crippen molar-refractivity contribution in [2.24, 2.45) is 0 Å². The van der Waals surface area contributed by atoms with Gasteiger partial charge in [0.05, 0.1) is 16.1 Å². The van der Waals surface area contributed by atoms with Gasteiger partial charge in [0.1, 0.15) is 0 Å². The van der Waals surface area contributed by atoms with E-state index in [2.05, 4.69) is 0 Å². The Kier molecular flexibility index (Phi) is 5.14. The van der Waals surface area contributed by atoms with E-state index in [-0.39, 0.29) is 17.5 Å². The van der Waals surface area contributed by atoms with E-state index >= 15 is 0 Å². The Hall–Kier alpha value is -2.67. The van der Waals surface area contributed by atoms with Crippen LogP contribution in [0.4, 0.5) is 5.69 Å². The number of non-ortho nitro benzene ring substituents is 1. The van der Waals surface area contributed by atoms with Gasteiger partial charge in [0.25, 0.3) is 17.5 Å². The molecular weight excluding hydrogens is 340 g/mol. The Balaban J connectivity index is 1.44. The number of amides is 2. The van der Waals surface area contributed by atoms with Gasteiger partial charge < -0.3 is 0 Å². The Morgan fingerprint density at radius 3 is 2.12 bits per heavy atom. The number of hydrogen-bond donors (Lipinski definition) is 0. The lowest BCUT2D eigenvalue weighted by molar-refractivity contribution is -0.384. The highest BCUT2D eigenvalue weighted by molar-refractivity contribution is 7.98. The zero-order valence-corrected chi connectivity index (χ0v) is 14.2. The van der Waals surface area contributed by atoms with Crippen molar-refractivity contribution in [3.63, 3.8) is 0 Å². The maximum atomic E-state index is 12.2. The molecule has 1 aliphatic rings. The second-order valence-electron chi connectivity index (χ2n) is 5.64. The first kappa shape index (κ1) is 17.2. The molecule has 25 heavy (non-hydrogen) atoms. The molecule has 0 unspecified atom stereocenters. The van der Waals surface area contributed by atoms with Gasteiger partial charge in [-0.25, -0.2) is 0 Å². The van der Waals surface area contributed by atoms with Crippen molar-refractivity contribution in [1.82, 2.24) is 4.90 Å². The molecule has 1 aliphatic heterocycles. The minimum Gasteiger partial charge on any atom is -0.274 e. The lowest BCUT2D eigenvalue weighted by Gasteiger charge is -2.13. The topological polar surface area (TPSA) is 80.5 Å². The number of carbonyl (C=O) groups is 2. The molecule has 0 spiro atoms. The lowest BCUT2D eigenvalue weighted by Crippen LogP contribution is -2.31. The largest absolute Gasteiger partial charge is 0.274 e. The Morgan fingerprint density at radius 1 is 0.960 bits per heavy atom. The lowest BCUT2D eigenvalue weighted by atomic mass is 10.1. The van der Waals surface area contributed by atoms with Crippen molar-refractivity contribution in [1.29, 1.82) is 0 Å². The van der Waals surface area contributed by atoms with Gasteiger partial charge in [-0.15, -0.1) is 0 Å². The number of carbonyl (C=O) groups excluding carboxylic acids is 2. The number of fused-ring (bicyclic) bond motifs is 1. The third-order valence-electron chi connectivity index (χ3n) is 3.96. The Labute approximate surface area is 149 Å². The van der Waals surface area contributed by atoms with Gasteiger partial charge >= 0.3 is 0 Å². The predicted molar refractivity (Wildman–Crippen MR) is 95.7 cm³/mol. The summed E-state index contributed by atoms with van der Waals surface area (Å²) >= 11 is 1.67. The molecule has 6 nitrogen and oxygen atoms in total. The molecular formula is C18H16N2O4S. The fraction of sp³-hybridized carbons (Fsp3) is 0.222. The number of rotatable bonds is 7. The molecule has 0 atom stereocenters. The molecule has 0 saturated heterocycles. The SMILES string of the molecule is O=C1c2ccccc2C(=O)N1CCCSCc1ccc([N+](=O)[O-])cc1. The highest BCUT2D eigenvalue weighted by Gasteiger charge is 2.34. The second-order valence-corrected chi connectivity index (χ2v) is 6.74. The molecule has 0 N–H and O–H groups in total. The predicted octanol–water partition coefficient (Wildman–Crippen LogP) is 3.51. The van der Waals surface area contributed by atoms with E-state index in [1.165, 1.54) is 17.0 Å². The first-order valence-electron chi connectivity index (χ1n) is 7.84. The molecule has 0 aromatic heterocycles. The summed E-state index contributed by atoms with van der Waals surface area (Å²) in [4.78, 5) is 35.9. The van der Waals surface area contributed by atoms with Crippen molar-refractivity contribution in [3.05, 3.63) is 75.3 Å². The summed E-state index contributed by atoms with van der Waals surface area (Å²) in [5.74, 6) is 1.09. The van der Waals surface area contributed by atoms with Gasteiger partial charge in [-0.1, -0.05) is 24.3 Å². The van der Waals surface area contributed by atoms with Crippen LogP contribution in [0.1, 0.15) is 32.7 Å². The quantitative estimate of drug-likeness (QED) is 0.328. The Morgan fingerprint density at radius 2 is 1.56 bits per heavy atom. The maximum absolute atomic E-state index is 12.2. The minimum absolute atomic E-state index is 0.0828. The van der Waals surface area contributed by atoms with Gasteiger partial charge in [0, 0.05) is 24.4 Å². The van der Waals surface area contributed by atoms with E-state index < -0.39 is 4.92 Å². The summed E-state index contributed by atoms with van der Waals surface area (Å²) < 4.78 is 0. The van der Waals surface area contributed by atoms with Gasteiger partial charge in [0.15, 0.2) is 0 Å². The number of nitro benzene ring substituents is 1. The molecule has 1 heterocycles. The van der Waals surface area contributed by atoms with Crippen molar-refractivity contribution in [3.8, 4) is 0 Å². The number of thioether (sulfide) groups is 1. The second kappa shape index (κ2) is 7.48. The number of benzene rings is 2. The molecule has 0 radical (unpaired) electrons. The zero-order valence-electron chi connectivity index (χ0n) is 13.4. The third-order valence-corrected chi connectivity index (χ3v) is 5.08. The summed E-state index contributed by atoms with van der Waals surface area (Å²) in [6.45, 7) is 0.402. The fourth-order valence-corrected chi connectivity index (χ4v) is 3.58. The zero-order chi connectivity index (χ0) is 17.8. The minimum atomic E-state index is -0.418. The summed E-state index contributed by atoms with van der Waals surface area (Å²) in [7, 11) is 0. The van der Waals surface area contributed by atoms with Gasteiger partial charge in [-0.05, 0) is 29.9 Å². The van der Waals surface area contributed by atoms with Crippen LogP contribution in [0.15, 0.2) is 48.5 Å². The number of nitrogens with zero attached hydrogens (tertiary/aromatic N) is 2. The maximum Gasteiger partial charge on any atom is 0.269 e. The molecule has 0 fully saturated rings. The van der Waals surface area contributed by atoms with Crippen LogP contribution in [0.5, 0.6) is 0 Å². The molecule has 7 heteroatoms. The van der Waals surface area contributed by atoms with Crippen molar-refractivity contribution in [2.45, 2.75) is 12.2 Å². The van der Waals surface area contributed by atoms with E-state index in [9.17, 15) is 19.7 Å². The average Bonchev–Trinajstić information content (AvgIpc) is 2.87. The number of imide groups is 1. The Bertz CT molecular complexity index is 785. The van der Waals surface area contributed by atoms with E-state index in [0.29, 0.717) is 24.1 Å². The van der Waals surface area contributed by atoms with Crippen LogP contribution in [0, 0.1) is 10.1 Å². The fourth-order valence-electron chi connectivity index (χ4n) is 2.67. The monoisotopic (exact) mass is 356 g/mol. The smallest absolute Gasteiger partial charge is 0.269 e. The summed E-state index contributed by atoms with van der Waals surface area (Å²) in [6, 6.07) is 13.4. The molecule has 128 valence electrons. The first-order valence-corrected chi connectivity index (χ1v) is 8.99. The van der Waals surface area contributed by atoms with Crippen LogP contribution in [0.25, 0.3) is 0 Å². The molecule has 0 bridgehead atoms. The van der Waals surface area contributed by atoms with Crippen LogP contribution in [-0.4, -0.2) is 33.9 Å². The molecule has 2 aromatic rings. The van der Waals surface area contributed by atoms with Gasteiger partial charge in [-0.2, -0.15) is 11.8 Å². The normalized spacial score (nSPS) is 13.2. The van der Waals surface area contributed by atoms with Crippen LogP contribution in [0.3, 0.4) is 0 Å². The van der Waals surface area contributed by atoms with Crippen LogP contribution < -0.4 is 0 Å². The molecule has 0 saturated carbocycles. The van der Waals surface area contributed by atoms with E-state index in [1.807, 2.05) is 0 Å². The van der Waals surface area contributed by atoms with Gasteiger partial charge in [-0.3, -0.25) is 24.6 Å². The average molecular weight is 356 g/mol. The highest BCUT2D eigenvalue weighted by atomic mass is 32.2. The van der Waals surface area contributed by atoms with Crippen LogP contribution in [0.2, 0.25) is 0 Å². The van der Waals surface area contributed by atoms with Gasteiger partial charge in [0.2, 0.25) is 0 Å². The van der Waals surface area contributed by atoms with Crippen molar-refractivity contribution in [2.75, 3.05) is 12.3 Å². The van der Waals surface area contributed by atoms with E-state index in [1.54, 1.807) is 48.2 Å². The van der Waals surface area contributed by atoms with E-state index in [0.717, 1.165) is 17.1 Å². The van der Waals surface area contributed by atoms with Crippen molar-refractivity contribution >= 4 is 29.3 Å². The summed E-state index contributed by atoms with van der Waals surface area (Å²) in [6.07, 6.45) is 0.711. The van der Waals surface area contributed by atoms with Crippen LogP contribution in [-0.2, 0) is 5.75 Å². The molecule has 2 amide bonds. The highest BCUT2D eigenvalue weighted by Crippen LogP contribution is 2.23. The van der Waals surface area contributed by atoms with Crippen molar-refractivity contribution < 1.29 is 14.5 Å². The van der Waals surface area contributed by atoms with E-state index in [4.69, 9.17) is 0 Å². The molecule has 0 aliphatic carbocycles. The number of hydrogen-bond acceptors (Lipinski definition) is 5. The molecule has 2 aromatic carbocycles. The molecule has 3 rings (SSSR count). The van der Waals surface area contributed by atoms with Crippen LogP contribution >= 0.6 is 11.8 Å². The summed E-state index contributed by atoms with van der Waals surface area (Å²) in [5.41, 5.74) is 2.05. The number of nitro groups is 1. The third kappa shape index (κ3) is 3.71. The first-order chi connectivity index (χ1) is 12.1.